The number of sulfone groups is 1. The van der Waals surface area contributed by atoms with Crippen LogP contribution in [0.4, 0.5) is 4.39 Å². The highest BCUT2D eigenvalue weighted by atomic mass is 127. The quantitative estimate of drug-likeness (QED) is 0.323. The zero-order chi connectivity index (χ0) is 20.7. The third kappa shape index (κ3) is 7.81. The molecule has 2 N–H and O–H groups in total. The Morgan fingerprint density at radius 2 is 1.90 bits per heavy atom. The molecule has 0 spiro atoms. The van der Waals surface area contributed by atoms with E-state index in [1.165, 1.54) is 12.3 Å². The second-order valence-corrected chi connectivity index (χ2v) is 8.52. The van der Waals surface area contributed by atoms with E-state index in [4.69, 9.17) is 4.74 Å². The SMILES string of the molecule is CN=C(NCc1ccc(S(C)(=O)=O)c(C)c1)NCC(C)Oc1ccccc1F.I. The number of hydrogen-bond donors (Lipinski definition) is 2. The molecule has 0 aliphatic carbocycles. The van der Waals surface area contributed by atoms with Crippen LogP contribution in [-0.4, -0.2) is 40.3 Å². The summed E-state index contributed by atoms with van der Waals surface area (Å²) in [6.45, 7) is 4.52. The van der Waals surface area contributed by atoms with E-state index in [1.54, 1.807) is 44.3 Å². The Hall–Kier alpha value is -1.88. The summed E-state index contributed by atoms with van der Waals surface area (Å²) in [5, 5.41) is 6.29. The number of ether oxygens (including phenoxy) is 1. The zero-order valence-corrected chi connectivity index (χ0v) is 20.0. The third-order valence-electron chi connectivity index (χ3n) is 4.04. The van der Waals surface area contributed by atoms with Crippen LogP contribution in [0, 0.1) is 12.7 Å². The number of guanidine groups is 1. The Kier molecular flexibility index (Phi) is 9.84. The fraction of sp³-hybridized carbons (Fsp3) is 0.350. The van der Waals surface area contributed by atoms with Crippen LogP contribution in [0.1, 0.15) is 18.1 Å². The molecule has 1 unspecified atom stereocenters. The summed E-state index contributed by atoms with van der Waals surface area (Å²) >= 11 is 0. The number of halogens is 2. The lowest BCUT2D eigenvalue weighted by Gasteiger charge is -2.18. The maximum atomic E-state index is 13.6. The van der Waals surface area contributed by atoms with Gasteiger partial charge in [-0.3, -0.25) is 4.99 Å². The summed E-state index contributed by atoms with van der Waals surface area (Å²) in [5.74, 6) is 0.375. The lowest BCUT2D eigenvalue weighted by atomic mass is 10.1. The molecule has 2 aromatic rings. The fourth-order valence-corrected chi connectivity index (χ4v) is 3.64. The van der Waals surface area contributed by atoms with Crippen LogP contribution in [0.2, 0.25) is 0 Å². The number of hydrogen-bond acceptors (Lipinski definition) is 4. The smallest absolute Gasteiger partial charge is 0.191 e. The molecule has 2 rings (SSSR count). The standard InChI is InChI=1S/C20H26FN3O3S.HI/c1-14-11-16(9-10-19(14)28(4,25)26)13-24-20(22-3)23-12-15(2)27-18-8-6-5-7-17(18)21;/h5-11,15H,12-13H2,1-4H3,(H2,22,23,24);1H. The number of nitrogens with zero attached hydrogens (tertiary/aromatic N) is 1. The van der Waals surface area contributed by atoms with Crippen molar-refractivity contribution in [3.8, 4) is 5.75 Å². The van der Waals surface area contributed by atoms with Gasteiger partial charge in [0.25, 0.3) is 0 Å². The first kappa shape index (κ1) is 25.2. The summed E-state index contributed by atoms with van der Waals surface area (Å²) in [4.78, 5) is 4.48. The number of para-hydroxylation sites is 1. The van der Waals surface area contributed by atoms with E-state index in [0.29, 0.717) is 29.5 Å². The topological polar surface area (TPSA) is 79.8 Å². The van der Waals surface area contributed by atoms with Crippen LogP contribution in [0.25, 0.3) is 0 Å². The highest BCUT2D eigenvalue weighted by Crippen LogP contribution is 2.17. The Balaban J connectivity index is 0.00000420. The first-order chi connectivity index (χ1) is 13.2. The van der Waals surface area contributed by atoms with E-state index in [2.05, 4.69) is 15.6 Å². The van der Waals surface area contributed by atoms with E-state index in [1.807, 2.05) is 13.0 Å². The van der Waals surface area contributed by atoms with E-state index >= 15 is 0 Å². The van der Waals surface area contributed by atoms with Crippen LogP contribution in [0.5, 0.6) is 5.75 Å². The number of rotatable bonds is 7. The summed E-state index contributed by atoms with van der Waals surface area (Å²) in [6, 6.07) is 11.5. The minimum Gasteiger partial charge on any atom is -0.486 e. The van der Waals surface area contributed by atoms with Crippen LogP contribution >= 0.6 is 24.0 Å². The lowest BCUT2D eigenvalue weighted by molar-refractivity contribution is 0.214. The van der Waals surface area contributed by atoms with Crippen molar-refractivity contribution in [2.75, 3.05) is 19.8 Å². The molecule has 0 saturated heterocycles. The first-order valence-electron chi connectivity index (χ1n) is 8.86. The summed E-state index contributed by atoms with van der Waals surface area (Å²) in [6.07, 6.45) is 0.926. The van der Waals surface area contributed by atoms with Gasteiger partial charge in [-0.1, -0.05) is 24.3 Å². The van der Waals surface area contributed by atoms with Gasteiger partial charge in [0, 0.05) is 19.8 Å². The van der Waals surface area contributed by atoms with Crippen LogP contribution < -0.4 is 15.4 Å². The van der Waals surface area contributed by atoms with Crippen molar-refractivity contribution in [2.24, 2.45) is 4.99 Å². The van der Waals surface area contributed by atoms with Crippen molar-refractivity contribution in [3.05, 3.63) is 59.4 Å². The maximum Gasteiger partial charge on any atom is 0.191 e. The summed E-state index contributed by atoms with van der Waals surface area (Å²) in [5.41, 5.74) is 1.64. The lowest BCUT2D eigenvalue weighted by Crippen LogP contribution is -2.41. The van der Waals surface area contributed by atoms with Crippen molar-refractivity contribution in [1.29, 1.82) is 0 Å². The number of aliphatic imine (C=N–C) groups is 1. The molecule has 0 radical (unpaired) electrons. The Morgan fingerprint density at radius 3 is 2.48 bits per heavy atom. The molecule has 2 aromatic carbocycles. The van der Waals surface area contributed by atoms with Crippen molar-refractivity contribution >= 4 is 39.8 Å². The Morgan fingerprint density at radius 1 is 1.21 bits per heavy atom. The highest BCUT2D eigenvalue weighted by Gasteiger charge is 2.12. The van der Waals surface area contributed by atoms with Gasteiger partial charge in [0.2, 0.25) is 0 Å². The minimum absolute atomic E-state index is 0. The first-order valence-corrected chi connectivity index (χ1v) is 10.7. The molecule has 0 heterocycles. The normalized spacial score (nSPS) is 12.7. The van der Waals surface area contributed by atoms with E-state index in [-0.39, 0.29) is 35.8 Å². The van der Waals surface area contributed by atoms with Crippen molar-refractivity contribution < 1.29 is 17.5 Å². The van der Waals surface area contributed by atoms with Crippen LogP contribution in [0.3, 0.4) is 0 Å². The van der Waals surface area contributed by atoms with Gasteiger partial charge in [-0.05, 0) is 43.2 Å². The molecule has 6 nitrogen and oxygen atoms in total. The molecule has 1 atom stereocenters. The second kappa shape index (κ2) is 11.3. The average Bonchev–Trinajstić information content (AvgIpc) is 2.63. The average molecular weight is 535 g/mol. The monoisotopic (exact) mass is 535 g/mol. The number of benzene rings is 2. The molecular formula is C20H27FIN3O3S. The van der Waals surface area contributed by atoms with Crippen molar-refractivity contribution in [3.63, 3.8) is 0 Å². The van der Waals surface area contributed by atoms with Crippen molar-refractivity contribution in [1.82, 2.24) is 10.6 Å². The molecule has 0 fully saturated rings. The molecule has 160 valence electrons. The van der Waals surface area contributed by atoms with E-state index in [0.717, 1.165) is 5.56 Å². The number of nitrogens with one attached hydrogen (secondary N) is 2. The molecule has 29 heavy (non-hydrogen) atoms. The molecule has 0 aliphatic heterocycles. The van der Waals surface area contributed by atoms with Gasteiger partial charge >= 0.3 is 0 Å². The van der Waals surface area contributed by atoms with E-state index in [9.17, 15) is 12.8 Å². The zero-order valence-electron chi connectivity index (χ0n) is 16.9. The summed E-state index contributed by atoms with van der Waals surface area (Å²) in [7, 11) is -1.58. The van der Waals surface area contributed by atoms with Gasteiger partial charge in [-0.2, -0.15) is 0 Å². The fourth-order valence-electron chi connectivity index (χ4n) is 2.68. The predicted octanol–water partition coefficient (Wildman–Crippen LogP) is 3.29. The van der Waals surface area contributed by atoms with Gasteiger partial charge in [0.1, 0.15) is 6.10 Å². The molecule has 0 bridgehead atoms. The van der Waals surface area contributed by atoms with Gasteiger partial charge in [-0.25, -0.2) is 12.8 Å². The molecule has 0 saturated carbocycles. The molecular weight excluding hydrogens is 508 g/mol. The van der Waals surface area contributed by atoms with Crippen LogP contribution in [0.15, 0.2) is 52.4 Å². The largest absolute Gasteiger partial charge is 0.486 e. The van der Waals surface area contributed by atoms with Crippen molar-refractivity contribution in [2.45, 2.75) is 31.4 Å². The predicted molar refractivity (Wildman–Crippen MR) is 124 cm³/mol. The number of aryl methyl sites for hydroxylation is 1. The van der Waals surface area contributed by atoms with Gasteiger partial charge in [-0.15, -0.1) is 24.0 Å². The molecule has 0 aliphatic rings. The van der Waals surface area contributed by atoms with Gasteiger partial charge in [0.05, 0.1) is 11.4 Å². The van der Waals surface area contributed by atoms with Gasteiger partial charge < -0.3 is 15.4 Å². The third-order valence-corrected chi connectivity index (χ3v) is 5.30. The molecule has 9 heteroatoms. The van der Waals surface area contributed by atoms with E-state index < -0.39 is 15.7 Å². The Labute approximate surface area is 188 Å². The second-order valence-electron chi connectivity index (χ2n) is 6.54. The molecule has 0 amide bonds. The van der Waals surface area contributed by atoms with Crippen LogP contribution in [-0.2, 0) is 16.4 Å². The Bertz CT molecular complexity index is 952. The minimum atomic E-state index is -3.23. The molecule has 0 aromatic heterocycles. The van der Waals surface area contributed by atoms with Gasteiger partial charge in [0.15, 0.2) is 27.4 Å². The summed E-state index contributed by atoms with van der Waals surface area (Å²) < 4.78 is 42.6. The highest BCUT2D eigenvalue weighted by molar-refractivity contribution is 14.0. The maximum absolute atomic E-state index is 13.6.